The molecule has 244 valence electrons. The Balaban J connectivity index is 1.48. The van der Waals surface area contributed by atoms with Crippen LogP contribution in [0.25, 0.3) is 10.8 Å². The summed E-state index contributed by atoms with van der Waals surface area (Å²) in [5.74, 6) is -0.173. The average Bonchev–Trinajstić information content (AvgIpc) is 3.44. The molecule has 0 unspecified atom stereocenters. The highest BCUT2D eigenvalue weighted by Gasteiger charge is 2.44. The molecule has 2 heterocycles. The first-order chi connectivity index (χ1) is 21.8. The first kappa shape index (κ1) is 33.9. The summed E-state index contributed by atoms with van der Waals surface area (Å²) in [6.07, 6.45) is 7.77. The minimum absolute atomic E-state index is 0.289. The Morgan fingerprint density at radius 2 is 1.65 bits per heavy atom. The highest BCUT2D eigenvalue weighted by Crippen LogP contribution is 2.49. The molecule has 2 N–H and O–H groups in total. The van der Waals surface area contributed by atoms with E-state index in [-0.39, 0.29) is 11.5 Å². The van der Waals surface area contributed by atoms with Gasteiger partial charge >= 0.3 is 0 Å². The molecule has 46 heavy (non-hydrogen) atoms. The lowest BCUT2D eigenvalue weighted by Gasteiger charge is -2.21. The summed E-state index contributed by atoms with van der Waals surface area (Å²) in [4.78, 5) is 14.3. The molecule has 5 rings (SSSR count). The second kappa shape index (κ2) is 13.7. The molecule has 0 saturated heterocycles. The Morgan fingerprint density at radius 1 is 0.935 bits per heavy atom. The summed E-state index contributed by atoms with van der Waals surface area (Å²) in [7, 11) is -8.09. The van der Waals surface area contributed by atoms with Crippen molar-refractivity contribution >= 4 is 66.3 Å². The maximum atomic E-state index is 11.3. The number of nitrogens with zero attached hydrogens (tertiary/aromatic N) is 2. The maximum absolute atomic E-state index is 11.3. The van der Waals surface area contributed by atoms with Crippen molar-refractivity contribution in [2.45, 2.75) is 49.8 Å². The van der Waals surface area contributed by atoms with Crippen molar-refractivity contribution in [3.8, 4) is 5.75 Å². The summed E-state index contributed by atoms with van der Waals surface area (Å²) in [6, 6.07) is 17.8. The predicted octanol–water partition coefficient (Wildman–Crippen LogP) is 6.10. The van der Waals surface area contributed by atoms with Gasteiger partial charge in [-0.05, 0) is 62.8 Å². The van der Waals surface area contributed by atoms with E-state index in [2.05, 4.69) is 47.6 Å². The molecule has 2 aliphatic rings. The van der Waals surface area contributed by atoms with Gasteiger partial charge in [0.2, 0.25) is 5.69 Å². The number of ether oxygens (including phenoxy) is 1. The van der Waals surface area contributed by atoms with E-state index in [1.165, 1.54) is 0 Å². The Hall–Kier alpha value is -3.49. The molecule has 13 heteroatoms. The summed E-state index contributed by atoms with van der Waals surface area (Å²) in [5, 5.41) is 3.18. The molecule has 0 aliphatic carbocycles. The number of unbranched alkanes of at least 4 members (excludes halogenated alkanes) is 2. The molecule has 0 radical (unpaired) electrons. The van der Waals surface area contributed by atoms with E-state index in [1.54, 1.807) is 17.8 Å². The van der Waals surface area contributed by atoms with Crippen LogP contribution in [0.3, 0.4) is 0 Å². The van der Waals surface area contributed by atoms with E-state index in [1.807, 2.05) is 42.5 Å². The fraction of sp³-hybridized carbons (Fsp3) is 0.333. The van der Waals surface area contributed by atoms with Gasteiger partial charge in [0.25, 0.3) is 26.7 Å². The van der Waals surface area contributed by atoms with Crippen molar-refractivity contribution in [3.63, 3.8) is 0 Å². The van der Waals surface area contributed by atoms with Crippen LogP contribution in [0.2, 0.25) is 0 Å². The van der Waals surface area contributed by atoms with Crippen molar-refractivity contribution in [1.29, 1.82) is 0 Å². The number of rotatable bonds is 14. The Kier molecular flexibility index (Phi) is 10.1. The zero-order valence-electron chi connectivity index (χ0n) is 25.6. The Bertz CT molecular complexity index is 1970. The van der Waals surface area contributed by atoms with Crippen LogP contribution >= 0.6 is 11.8 Å². The number of anilines is 1. The van der Waals surface area contributed by atoms with Crippen LogP contribution in [0.4, 0.5) is 11.4 Å². The zero-order valence-corrected chi connectivity index (χ0v) is 28.1. The fourth-order valence-electron chi connectivity index (χ4n) is 6.07. The number of hydrogen-bond donors (Lipinski definition) is 2. The lowest BCUT2D eigenvalue weighted by molar-refractivity contribution is -0.438. The molecule has 0 bridgehead atoms. The predicted molar refractivity (Wildman–Crippen MR) is 182 cm³/mol. The molecule has 0 fully saturated rings. The van der Waals surface area contributed by atoms with E-state index < -0.39 is 25.7 Å². The van der Waals surface area contributed by atoms with Crippen molar-refractivity contribution in [1.82, 2.24) is 0 Å². The minimum atomic E-state index is -4.06. The van der Waals surface area contributed by atoms with Gasteiger partial charge in [0.05, 0.1) is 27.6 Å². The third kappa shape index (κ3) is 7.72. The smallest absolute Gasteiger partial charge is 0.298 e. The standard InChI is InChI=1S/C33H36N2O8S3/c1-33(2)27-22-25(43-23-36)15-16-28(27)34(18-5-7-20-45(37,38)39)30(33)12-9-13-31-35(19-6-8-21-46(40,41)42)32-26-11-4-3-10-24(26)14-17-29(32)44-31/h3-4,9-17,22-23H,5-8,18-21H2,1-2H3,(H-,37,38,39,40,41,42)/p+1. The summed E-state index contributed by atoms with van der Waals surface area (Å²) >= 11 is 1.63. The van der Waals surface area contributed by atoms with Gasteiger partial charge in [-0.2, -0.15) is 21.4 Å². The van der Waals surface area contributed by atoms with Crippen LogP contribution in [-0.4, -0.2) is 67.3 Å². The third-order valence-electron chi connectivity index (χ3n) is 8.22. The zero-order chi connectivity index (χ0) is 33.1. The molecule has 0 amide bonds. The van der Waals surface area contributed by atoms with Crippen LogP contribution in [0, 0.1) is 0 Å². The molecule has 3 aromatic carbocycles. The highest BCUT2D eigenvalue weighted by molar-refractivity contribution is 8.03. The van der Waals surface area contributed by atoms with Gasteiger partial charge in [-0.1, -0.05) is 48.2 Å². The first-order valence-electron chi connectivity index (χ1n) is 14.9. The second-order valence-electron chi connectivity index (χ2n) is 11.8. The summed E-state index contributed by atoms with van der Waals surface area (Å²) in [5.41, 5.74) is 3.45. The number of benzene rings is 3. The fourth-order valence-corrected chi connectivity index (χ4v) is 8.33. The number of carbonyl (C=O) groups is 1. The molecule has 0 atom stereocenters. The largest absolute Gasteiger partial charge is 0.429 e. The molecular formula is C33H37N2O8S3+. The van der Waals surface area contributed by atoms with Crippen LogP contribution in [-0.2, 0) is 30.4 Å². The normalized spacial score (nSPS) is 16.9. The third-order valence-corrected chi connectivity index (χ3v) is 10.9. The van der Waals surface area contributed by atoms with Crippen LogP contribution in [0.15, 0.2) is 82.7 Å². The molecular weight excluding hydrogens is 649 g/mol. The molecule has 10 nitrogen and oxygen atoms in total. The Labute approximate surface area is 274 Å². The lowest BCUT2D eigenvalue weighted by atomic mass is 9.81. The first-order valence-corrected chi connectivity index (χ1v) is 19.0. The topological polar surface area (TPSA) is 141 Å². The van der Waals surface area contributed by atoms with Gasteiger partial charge in [-0.25, -0.2) is 0 Å². The number of thioether (sulfide) groups is 1. The van der Waals surface area contributed by atoms with Crippen molar-refractivity contribution in [2.24, 2.45) is 0 Å². The number of hydrogen-bond acceptors (Lipinski definition) is 8. The minimum Gasteiger partial charge on any atom is -0.429 e. The van der Waals surface area contributed by atoms with Gasteiger partial charge in [0.15, 0.2) is 5.71 Å². The van der Waals surface area contributed by atoms with E-state index in [0.717, 1.165) is 43.3 Å². The van der Waals surface area contributed by atoms with Gasteiger partial charge in [0.1, 0.15) is 12.3 Å². The molecule has 2 aliphatic heterocycles. The SMILES string of the molecule is CC1(C)C(C=CC=C2Sc3ccc4ccccc4c3N2CCCCS(=O)(=O)O)=[N+](CCCCS(=O)(=O)O)c2ccc(OC=O)cc21. The van der Waals surface area contributed by atoms with Gasteiger partial charge in [0, 0.05) is 41.0 Å². The maximum Gasteiger partial charge on any atom is 0.298 e. The van der Waals surface area contributed by atoms with E-state index >= 15 is 0 Å². The van der Waals surface area contributed by atoms with Gasteiger partial charge < -0.3 is 9.64 Å². The number of carbonyl (C=O) groups excluding carboxylic acids is 1. The quantitative estimate of drug-likeness (QED) is 0.0886. The van der Waals surface area contributed by atoms with Crippen LogP contribution < -0.4 is 9.64 Å². The average molecular weight is 686 g/mol. The van der Waals surface area contributed by atoms with Gasteiger partial charge in [-0.3, -0.25) is 13.9 Å². The molecule has 0 aromatic heterocycles. The second-order valence-corrected chi connectivity index (χ2v) is 16.0. The van der Waals surface area contributed by atoms with Crippen molar-refractivity contribution in [2.75, 3.05) is 29.5 Å². The Morgan fingerprint density at radius 3 is 2.37 bits per heavy atom. The molecule has 0 saturated carbocycles. The van der Waals surface area contributed by atoms with E-state index in [4.69, 9.17) is 4.74 Å². The molecule has 0 spiro atoms. The van der Waals surface area contributed by atoms with E-state index in [9.17, 15) is 30.7 Å². The summed E-state index contributed by atoms with van der Waals surface area (Å²) in [6.45, 7) is 5.63. The van der Waals surface area contributed by atoms with Crippen molar-refractivity contribution in [3.05, 3.63) is 83.4 Å². The number of fused-ring (bicyclic) bond motifs is 4. The van der Waals surface area contributed by atoms with Gasteiger partial charge in [-0.15, -0.1) is 0 Å². The van der Waals surface area contributed by atoms with E-state index in [0.29, 0.717) is 51.0 Å². The number of allylic oxidation sites excluding steroid dienone is 3. The van der Waals surface area contributed by atoms with Crippen LogP contribution in [0.1, 0.15) is 45.1 Å². The monoisotopic (exact) mass is 685 g/mol. The molecule has 3 aromatic rings. The van der Waals surface area contributed by atoms with Crippen LogP contribution in [0.5, 0.6) is 5.75 Å². The van der Waals surface area contributed by atoms with Crippen molar-refractivity contribution < 1.29 is 40.0 Å². The highest BCUT2D eigenvalue weighted by atomic mass is 32.2. The lowest BCUT2D eigenvalue weighted by Crippen LogP contribution is -2.28. The summed E-state index contributed by atoms with van der Waals surface area (Å²) < 4.78 is 70.9.